The van der Waals surface area contributed by atoms with Crippen LogP contribution in [0.15, 0.2) is 87.5 Å². The summed E-state index contributed by atoms with van der Waals surface area (Å²) < 4.78 is 11.5. The van der Waals surface area contributed by atoms with Crippen LogP contribution in [-0.2, 0) is 15.6 Å². The number of benzene rings is 3. The lowest BCUT2D eigenvalue weighted by Crippen LogP contribution is -2.11. The molecule has 0 fully saturated rings. The zero-order chi connectivity index (χ0) is 19.2. The molecule has 0 aliphatic rings. The molecule has 0 unspecified atom stereocenters. The standard InChI is InChI=1S/C24H27O2S/c1-18(2)25-17-26-24-19(3)15-23(16-20(24)4)27(21-11-7-5-8-12-21)22-13-9-6-10-14-22/h5-16,18H,17H2,1-4H3/q+1. The topological polar surface area (TPSA) is 18.5 Å². The monoisotopic (exact) mass is 379 g/mol. The van der Waals surface area contributed by atoms with E-state index < -0.39 is 0 Å². The fourth-order valence-electron chi connectivity index (χ4n) is 3.01. The Bertz CT molecular complexity index is 798. The van der Waals surface area contributed by atoms with E-state index in [-0.39, 0.29) is 23.8 Å². The predicted molar refractivity (Wildman–Crippen MR) is 113 cm³/mol. The molecule has 0 aliphatic heterocycles. The third-order valence-electron chi connectivity index (χ3n) is 4.23. The zero-order valence-corrected chi connectivity index (χ0v) is 17.3. The van der Waals surface area contributed by atoms with Crippen molar-refractivity contribution in [1.82, 2.24) is 0 Å². The third-order valence-corrected chi connectivity index (χ3v) is 6.43. The van der Waals surface area contributed by atoms with Crippen molar-refractivity contribution in [2.24, 2.45) is 0 Å². The highest BCUT2D eigenvalue weighted by atomic mass is 32.2. The average Bonchev–Trinajstić information content (AvgIpc) is 2.66. The highest BCUT2D eigenvalue weighted by Gasteiger charge is 2.29. The second kappa shape index (κ2) is 9.12. The summed E-state index contributed by atoms with van der Waals surface area (Å²) in [4.78, 5) is 3.94. The number of aryl methyl sites for hydroxylation is 2. The van der Waals surface area contributed by atoms with Crippen LogP contribution in [0.5, 0.6) is 5.75 Å². The van der Waals surface area contributed by atoms with Crippen LogP contribution in [0.25, 0.3) is 0 Å². The van der Waals surface area contributed by atoms with Gasteiger partial charge in [0.2, 0.25) is 0 Å². The van der Waals surface area contributed by atoms with E-state index in [9.17, 15) is 0 Å². The van der Waals surface area contributed by atoms with Crippen molar-refractivity contribution in [3.05, 3.63) is 83.9 Å². The lowest BCUT2D eigenvalue weighted by atomic mass is 10.1. The Labute approximate surface area is 165 Å². The molecule has 0 amide bonds. The van der Waals surface area contributed by atoms with E-state index >= 15 is 0 Å². The van der Waals surface area contributed by atoms with Crippen LogP contribution in [0.2, 0.25) is 0 Å². The molecule has 27 heavy (non-hydrogen) atoms. The summed E-state index contributed by atoms with van der Waals surface area (Å²) in [7, 11) is -0.143. The molecular weight excluding hydrogens is 352 g/mol. The first-order valence-corrected chi connectivity index (χ1v) is 10.5. The van der Waals surface area contributed by atoms with Crippen molar-refractivity contribution in [3.63, 3.8) is 0 Å². The summed E-state index contributed by atoms with van der Waals surface area (Å²) in [5, 5.41) is 0. The van der Waals surface area contributed by atoms with Gasteiger partial charge in [-0.05, 0) is 63.1 Å². The fraction of sp³-hybridized carbons (Fsp3) is 0.250. The Hall–Kier alpha value is -2.23. The Morgan fingerprint density at radius 3 is 1.67 bits per heavy atom. The molecule has 0 bridgehead atoms. The highest BCUT2D eigenvalue weighted by Crippen LogP contribution is 2.35. The minimum absolute atomic E-state index is 0.143. The van der Waals surface area contributed by atoms with Gasteiger partial charge in [0.15, 0.2) is 21.5 Å². The van der Waals surface area contributed by atoms with Crippen molar-refractivity contribution < 1.29 is 9.47 Å². The van der Waals surface area contributed by atoms with Crippen molar-refractivity contribution >= 4 is 10.9 Å². The molecule has 0 spiro atoms. The molecular formula is C24H27O2S+. The van der Waals surface area contributed by atoms with E-state index in [0.717, 1.165) is 16.9 Å². The van der Waals surface area contributed by atoms with Crippen LogP contribution in [-0.4, -0.2) is 12.9 Å². The molecule has 3 aromatic carbocycles. The minimum atomic E-state index is -0.143. The quantitative estimate of drug-likeness (QED) is 0.361. The number of rotatable bonds is 7. The minimum Gasteiger partial charge on any atom is -0.467 e. The van der Waals surface area contributed by atoms with Crippen LogP contribution >= 0.6 is 0 Å². The van der Waals surface area contributed by atoms with Crippen molar-refractivity contribution in [2.45, 2.75) is 48.5 Å². The van der Waals surface area contributed by atoms with E-state index in [1.54, 1.807) is 0 Å². The predicted octanol–water partition coefficient (Wildman–Crippen LogP) is 6.16. The molecule has 0 saturated carbocycles. The van der Waals surface area contributed by atoms with E-state index in [1.165, 1.54) is 14.7 Å². The maximum atomic E-state index is 5.91. The van der Waals surface area contributed by atoms with Crippen molar-refractivity contribution in [1.29, 1.82) is 0 Å². The smallest absolute Gasteiger partial charge is 0.189 e. The van der Waals surface area contributed by atoms with Gasteiger partial charge in [0.25, 0.3) is 0 Å². The molecule has 0 atom stereocenters. The fourth-order valence-corrected chi connectivity index (χ4v) is 5.27. The first-order chi connectivity index (χ1) is 13.1. The lowest BCUT2D eigenvalue weighted by Gasteiger charge is -2.15. The van der Waals surface area contributed by atoms with Crippen LogP contribution in [0, 0.1) is 13.8 Å². The molecule has 3 rings (SSSR count). The van der Waals surface area contributed by atoms with Crippen LogP contribution < -0.4 is 4.74 Å². The summed E-state index contributed by atoms with van der Waals surface area (Å²) in [5.41, 5.74) is 2.28. The summed E-state index contributed by atoms with van der Waals surface area (Å²) in [6.45, 7) is 8.52. The molecule has 2 nitrogen and oxygen atoms in total. The Morgan fingerprint density at radius 2 is 1.22 bits per heavy atom. The van der Waals surface area contributed by atoms with Crippen LogP contribution in [0.4, 0.5) is 0 Å². The first-order valence-electron chi connectivity index (χ1n) is 9.26. The largest absolute Gasteiger partial charge is 0.467 e. The van der Waals surface area contributed by atoms with Gasteiger partial charge in [0, 0.05) is 12.1 Å². The molecule has 0 radical (unpaired) electrons. The van der Waals surface area contributed by atoms with E-state index in [1.807, 2.05) is 13.8 Å². The van der Waals surface area contributed by atoms with Gasteiger partial charge in [-0.25, -0.2) is 0 Å². The van der Waals surface area contributed by atoms with Gasteiger partial charge in [-0.1, -0.05) is 36.4 Å². The Balaban J connectivity index is 1.98. The average molecular weight is 380 g/mol. The number of hydrogen-bond acceptors (Lipinski definition) is 2. The van der Waals surface area contributed by atoms with Gasteiger partial charge in [0.1, 0.15) is 5.75 Å². The first kappa shape index (κ1) is 19.5. The second-order valence-corrected chi connectivity index (χ2v) is 8.82. The summed E-state index contributed by atoms with van der Waals surface area (Å²) >= 11 is 0. The molecule has 0 N–H and O–H groups in total. The molecule has 3 heteroatoms. The third kappa shape index (κ3) is 4.94. The Kier molecular flexibility index (Phi) is 6.59. The molecule has 0 aliphatic carbocycles. The molecule has 0 saturated heterocycles. The SMILES string of the molecule is Cc1cc([S+](c2ccccc2)c2ccccc2)cc(C)c1OCOC(C)C. The van der Waals surface area contributed by atoms with E-state index in [4.69, 9.17) is 9.47 Å². The normalized spacial score (nSPS) is 11.2. The highest BCUT2D eigenvalue weighted by molar-refractivity contribution is 7.97. The molecule has 140 valence electrons. The lowest BCUT2D eigenvalue weighted by molar-refractivity contribution is -0.0206. The Morgan fingerprint density at radius 1 is 0.741 bits per heavy atom. The van der Waals surface area contributed by atoms with Crippen LogP contribution in [0.1, 0.15) is 25.0 Å². The van der Waals surface area contributed by atoms with Gasteiger partial charge >= 0.3 is 0 Å². The molecule has 3 aromatic rings. The summed E-state index contributed by atoms with van der Waals surface area (Å²) in [6, 6.07) is 25.9. The van der Waals surface area contributed by atoms with Gasteiger partial charge in [-0.2, -0.15) is 0 Å². The van der Waals surface area contributed by atoms with Gasteiger partial charge in [0.05, 0.1) is 17.0 Å². The number of hydrogen-bond donors (Lipinski definition) is 0. The van der Waals surface area contributed by atoms with Crippen molar-refractivity contribution in [3.8, 4) is 5.75 Å². The van der Waals surface area contributed by atoms with Crippen molar-refractivity contribution in [2.75, 3.05) is 6.79 Å². The van der Waals surface area contributed by atoms with Gasteiger partial charge in [-0.3, -0.25) is 0 Å². The molecule has 0 heterocycles. The van der Waals surface area contributed by atoms with E-state index in [0.29, 0.717) is 0 Å². The van der Waals surface area contributed by atoms with Gasteiger partial charge < -0.3 is 9.47 Å². The second-order valence-electron chi connectivity index (χ2n) is 6.80. The maximum absolute atomic E-state index is 5.91. The van der Waals surface area contributed by atoms with E-state index in [2.05, 4.69) is 86.6 Å². The van der Waals surface area contributed by atoms with Gasteiger partial charge in [-0.15, -0.1) is 0 Å². The zero-order valence-electron chi connectivity index (χ0n) is 16.4. The summed E-state index contributed by atoms with van der Waals surface area (Å²) in [6.07, 6.45) is 0.159. The molecule has 0 aromatic heterocycles. The maximum Gasteiger partial charge on any atom is 0.189 e. The summed E-state index contributed by atoms with van der Waals surface area (Å²) in [5.74, 6) is 0.920. The number of ether oxygens (including phenoxy) is 2. The van der Waals surface area contributed by atoms with Crippen LogP contribution in [0.3, 0.4) is 0 Å².